The standard InChI is InChI=1S/C13H12N4OS3/c1-8-16-17-13(20-8)19-7-6-11(18)15-12-14-9-4-2-3-5-10(9)21-12/h2-5H,6-7H2,1H3,(H,14,15,18). The summed E-state index contributed by atoms with van der Waals surface area (Å²) < 4.78 is 1.98. The molecule has 0 aliphatic rings. The van der Waals surface area contributed by atoms with E-state index in [9.17, 15) is 4.79 Å². The predicted octanol–water partition coefficient (Wildman–Crippen LogP) is 3.58. The molecule has 0 saturated carbocycles. The zero-order chi connectivity index (χ0) is 14.7. The van der Waals surface area contributed by atoms with E-state index in [1.807, 2.05) is 31.2 Å². The molecule has 0 spiro atoms. The molecule has 3 aromatic rings. The molecule has 0 atom stereocenters. The van der Waals surface area contributed by atoms with Crippen LogP contribution in [0.15, 0.2) is 28.6 Å². The predicted molar refractivity (Wildman–Crippen MR) is 88.2 cm³/mol. The second-order valence-corrected chi connectivity index (χ2v) is 7.77. The highest BCUT2D eigenvalue weighted by Gasteiger charge is 2.08. The molecule has 8 heteroatoms. The number of thiazole rings is 1. The summed E-state index contributed by atoms with van der Waals surface area (Å²) in [6.45, 7) is 1.92. The number of anilines is 1. The van der Waals surface area contributed by atoms with Crippen molar-refractivity contribution in [2.24, 2.45) is 0 Å². The van der Waals surface area contributed by atoms with Crippen LogP contribution in [0.3, 0.4) is 0 Å². The number of carbonyl (C=O) groups is 1. The minimum atomic E-state index is -0.0252. The third kappa shape index (κ3) is 3.78. The lowest BCUT2D eigenvalue weighted by Crippen LogP contribution is -2.11. The topological polar surface area (TPSA) is 67.8 Å². The fourth-order valence-corrected chi connectivity index (χ4v) is 4.38. The molecule has 21 heavy (non-hydrogen) atoms. The maximum Gasteiger partial charge on any atom is 0.226 e. The van der Waals surface area contributed by atoms with E-state index in [2.05, 4.69) is 20.5 Å². The molecule has 2 heterocycles. The van der Waals surface area contributed by atoms with E-state index in [1.54, 1.807) is 23.1 Å². The number of thioether (sulfide) groups is 1. The van der Waals surface area contributed by atoms with E-state index in [0.717, 1.165) is 19.6 Å². The smallest absolute Gasteiger partial charge is 0.226 e. The van der Waals surface area contributed by atoms with Crippen molar-refractivity contribution in [1.82, 2.24) is 15.2 Å². The molecule has 0 aliphatic carbocycles. The first kappa shape index (κ1) is 14.4. The van der Waals surface area contributed by atoms with E-state index in [1.165, 1.54) is 11.3 Å². The molecular formula is C13H12N4OS3. The van der Waals surface area contributed by atoms with E-state index < -0.39 is 0 Å². The molecule has 0 saturated heterocycles. The summed E-state index contributed by atoms with van der Waals surface area (Å²) >= 11 is 4.59. The van der Waals surface area contributed by atoms with Crippen molar-refractivity contribution >= 4 is 55.7 Å². The van der Waals surface area contributed by atoms with Gasteiger partial charge < -0.3 is 5.32 Å². The molecule has 0 fully saturated rings. The van der Waals surface area contributed by atoms with Gasteiger partial charge in [-0.1, -0.05) is 46.6 Å². The first-order chi connectivity index (χ1) is 10.2. The summed E-state index contributed by atoms with van der Waals surface area (Å²) in [4.78, 5) is 16.3. The average Bonchev–Trinajstić information content (AvgIpc) is 3.04. The number of hydrogen-bond acceptors (Lipinski definition) is 7. The van der Waals surface area contributed by atoms with Crippen LogP contribution < -0.4 is 5.32 Å². The number of amides is 1. The molecule has 0 unspecified atom stereocenters. The molecule has 2 aromatic heterocycles. The maximum absolute atomic E-state index is 11.9. The number of para-hydroxylation sites is 1. The van der Waals surface area contributed by atoms with Crippen LogP contribution in [-0.2, 0) is 4.79 Å². The zero-order valence-corrected chi connectivity index (χ0v) is 13.6. The summed E-state index contributed by atoms with van der Waals surface area (Å²) in [5.41, 5.74) is 0.913. The van der Waals surface area contributed by atoms with Gasteiger partial charge in [-0.15, -0.1) is 10.2 Å². The normalized spacial score (nSPS) is 10.9. The van der Waals surface area contributed by atoms with Crippen LogP contribution in [0.4, 0.5) is 5.13 Å². The summed E-state index contributed by atoms with van der Waals surface area (Å²) in [7, 11) is 0. The molecule has 0 aliphatic heterocycles. The van der Waals surface area contributed by atoms with Crippen molar-refractivity contribution in [3.63, 3.8) is 0 Å². The van der Waals surface area contributed by atoms with Crippen LogP contribution in [0, 0.1) is 6.92 Å². The molecule has 5 nitrogen and oxygen atoms in total. The molecule has 1 amide bonds. The van der Waals surface area contributed by atoms with Gasteiger partial charge in [-0.3, -0.25) is 4.79 Å². The molecule has 0 bridgehead atoms. The highest BCUT2D eigenvalue weighted by molar-refractivity contribution is 8.01. The minimum absolute atomic E-state index is 0.0252. The number of carbonyl (C=O) groups excluding carboxylic acids is 1. The lowest BCUT2D eigenvalue weighted by Gasteiger charge is -1.99. The number of benzene rings is 1. The van der Waals surface area contributed by atoms with E-state index in [4.69, 9.17) is 0 Å². The first-order valence-electron chi connectivity index (χ1n) is 6.29. The maximum atomic E-state index is 11.9. The Morgan fingerprint density at radius 3 is 2.90 bits per heavy atom. The van der Waals surface area contributed by atoms with Crippen molar-refractivity contribution in [1.29, 1.82) is 0 Å². The van der Waals surface area contributed by atoms with Gasteiger partial charge in [0, 0.05) is 12.2 Å². The second kappa shape index (κ2) is 6.50. The number of rotatable bonds is 5. The Kier molecular flexibility index (Phi) is 4.47. The zero-order valence-electron chi connectivity index (χ0n) is 11.2. The van der Waals surface area contributed by atoms with Crippen molar-refractivity contribution in [3.8, 4) is 0 Å². The fraction of sp³-hybridized carbons (Fsp3) is 0.231. The van der Waals surface area contributed by atoms with Crippen molar-refractivity contribution < 1.29 is 4.79 Å². The number of aryl methyl sites for hydroxylation is 1. The Hall–Kier alpha value is -1.51. The van der Waals surface area contributed by atoms with Crippen molar-refractivity contribution in [2.75, 3.05) is 11.1 Å². The molecule has 0 radical (unpaired) electrons. The minimum Gasteiger partial charge on any atom is -0.302 e. The van der Waals surface area contributed by atoms with Gasteiger partial charge in [0.05, 0.1) is 10.2 Å². The van der Waals surface area contributed by atoms with Gasteiger partial charge in [-0.2, -0.15) is 0 Å². The number of nitrogens with zero attached hydrogens (tertiary/aromatic N) is 3. The van der Waals surface area contributed by atoms with E-state index in [0.29, 0.717) is 17.3 Å². The third-order valence-electron chi connectivity index (χ3n) is 2.60. The molecular weight excluding hydrogens is 324 g/mol. The van der Waals surface area contributed by atoms with Crippen molar-refractivity contribution in [2.45, 2.75) is 17.7 Å². The third-order valence-corrected chi connectivity index (χ3v) is 5.53. The van der Waals surface area contributed by atoms with Crippen LogP contribution >= 0.6 is 34.4 Å². The summed E-state index contributed by atoms with van der Waals surface area (Å²) in [6.07, 6.45) is 0.430. The van der Waals surface area contributed by atoms with Gasteiger partial charge in [0.15, 0.2) is 9.47 Å². The van der Waals surface area contributed by atoms with Crippen LogP contribution in [-0.4, -0.2) is 26.8 Å². The lowest BCUT2D eigenvalue weighted by atomic mass is 10.3. The summed E-state index contributed by atoms with van der Waals surface area (Å²) in [5.74, 6) is 0.661. The van der Waals surface area contributed by atoms with Gasteiger partial charge >= 0.3 is 0 Å². The summed E-state index contributed by atoms with van der Waals surface area (Å²) in [5, 5.41) is 12.4. The quantitative estimate of drug-likeness (QED) is 0.721. The number of fused-ring (bicyclic) bond motifs is 1. The highest BCUT2D eigenvalue weighted by Crippen LogP contribution is 2.26. The molecule has 3 rings (SSSR count). The average molecular weight is 336 g/mol. The number of nitrogens with one attached hydrogen (secondary N) is 1. The first-order valence-corrected chi connectivity index (χ1v) is 8.91. The number of hydrogen-bond donors (Lipinski definition) is 1. The molecule has 1 N–H and O–H groups in total. The summed E-state index contributed by atoms with van der Waals surface area (Å²) in [6, 6.07) is 7.84. The van der Waals surface area contributed by atoms with Gasteiger partial charge in [0.2, 0.25) is 5.91 Å². The van der Waals surface area contributed by atoms with E-state index >= 15 is 0 Å². The Morgan fingerprint density at radius 2 is 2.14 bits per heavy atom. The van der Waals surface area contributed by atoms with Crippen LogP contribution in [0.2, 0.25) is 0 Å². The lowest BCUT2D eigenvalue weighted by molar-refractivity contribution is -0.115. The molecule has 108 valence electrons. The van der Waals surface area contributed by atoms with Crippen molar-refractivity contribution in [3.05, 3.63) is 29.3 Å². The Bertz CT molecular complexity index is 734. The van der Waals surface area contributed by atoms with Gasteiger partial charge in [-0.05, 0) is 19.1 Å². The SMILES string of the molecule is Cc1nnc(SCCC(=O)Nc2nc3ccccc3s2)s1. The largest absolute Gasteiger partial charge is 0.302 e. The molecule has 1 aromatic carbocycles. The van der Waals surface area contributed by atoms with Crippen LogP contribution in [0.1, 0.15) is 11.4 Å². The van der Waals surface area contributed by atoms with Gasteiger partial charge in [0.25, 0.3) is 0 Å². The number of aromatic nitrogens is 3. The fourth-order valence-electron chi connectivity index (χ4n) is 1.68. The Balaban J connectivity index is 1.51. The Morgan fingerprint density at radius 1 is 1.29 bits per heavy atom. The highest BCUT2D eigenvalue weighted by atomic mass is 32.2. The Labute approximate surface area is 133 Å². The second-order valence-electron chi connectivity index (χ2n) is 4.22. The van der Waals surface area contributed by atoms with Crippen LogP contribution in [0.25, 0.3) is 10.2 Å². The monoisotopic (exact) mass is 336 g/mol. The van der Waals surface area contributed by atoms with E-state index in [-0.39, 0.29) is 5.91 Å². The van der Waals surface area contributed by atoms with Gasteiger partial charge in [-0.25, -0.2) is 4.98 Å². The van der Waals surface area contributed by atoms with Gasteiger partial charge in [0.1, 0.15) is 5.01 Å². The van der Waals surface area contributed by atoms with Crippen LogP contribution in [0.5, 0.6) is 0 Å².